The lowest BCUT2D eigenvalue weighted by molar-refractivity contribution is 0.102. The third kappa shape index (κ3) is 4.68. The third-order valence-electron chi connectivity index (χ3n) is 2.92. The van der Waals surface area contributed by atoms with Crippen LogP contribution in [0.1, 0.15) is 16.8 Å². The highest BCUT2D eigenvalue weighted by Gasteiger charge is 2.14. The largest absolute Gasteiger partial charge is 0.385 e. The summed E-state index contributed by atoms with van der Waals surface area (Å²) < 4.78 is 31.9. The molecule has 1 heterocycles. The van der Waals surface area contributed by atoms with Crippen LogP contribution in [0.15, 0.2) is 30.6 Å². The number of nitrogens with one attached hydrogen (secondary N) is 2. The summed E-state index contributed by atoms with van der Waals surface area (Å²) in [5, 5.41) is 5.13. The lowest BCUT2D eigenvalue weighted by Gasteiger charge is -2.08. The van der Waals surface area contributed by atoms with E-state index in [2.05, 4.69) is 20.6 Å². The number of amides is 1. The molecule has 0 aliphatic rings. The molecule has 0 unspecified atom stereocenters. The molecule has 0 aliphatic heterocycles. The molecule has 6 nitrogen and oxygen atoms in total. The van der Waals surface area contributed by atoms with Crippen LogP contribution in [0.5, 0.6) is 0 Å². The molecule has 0 fully saturated rings. The number of methoxy groups -OCH3 is 1. The molecule has 1 aromatic carbocycles. The molecule has 8 heteroatoms. The SMILES string of the molecule is COCCCNc1ncc(C(=O)Nc2c(F)cccc2F)cn1. The van der Waals surface area contributed by atoms with Gasteiger partial charge in [-0.3, -0.25) is 4.79 Å². The molecule has 0 spiro atoms. The average molecular weight is 322 g/mol. The number of benzene rings is 1. The molecule has 0 atom stereocenters. The maximum absolute atomic E-state index is 13.5. The van der Waals surface area contributed by atoms with Gasteiger partial charge in [0.1, 0.15) is 17.3 Å². The minimum Gasteiger partial charge on any atom is -0.385 e. The number of carbonyl (C=O) groups excluding carboxylic acids is 1. The summed E-state index contributed by atoms with van der Waals surface area (Å²) in [5.74, 6) is -2.04. The first-order chi connectivity index (χ1) is 11.1. The molecular formula is C15H16F2N4O2. The van der Waals surface area contributed by atoms with Gasteiger partial charge in [0.2, 0.25) is 5.95 Å². The van der Waals surface area contributed by atoms with Crippen LogP contribution in [0.2, 0.25) is 0 Å². The predicted octanol–water partition coefficient (Wildman–Crippen LogP) is 2.46. The summed E-state index contributed by atoms with van der Waals surface area (Å²) in [6.45, 7) is 1.24. The summed E-state index contributed by atoms with van der Waals surface area (Å²) in [6.07, 6.45) is 3.34. The van der Waals surface area contributed by atoms with Crippen molar-refractivity contribution in [1.29, 1.82) is 0 Å². The Kier molecular flexibility index (Phi) is 5.93. The van der Waals surface area contributed by atoms with Crippen molar-refractivity contribution >= 4 is 17.5 Å². The molecule has 122 valence electrons. The monoisotopic (exact) mass is 322 g/mol. The predicted molar refractivity (Wildman–Crippen MR) is 81.3 cm³/mol. The van der Waals surface area contributed by atoms with E-state index in [1.165, 1.54) is 18.5 Å². The van der Waals surface area contributed by atoms with Crippen molar-refractivity contribution in [3.63, 3.8) is 0 Å². The standard InChI is InChI=1S/C15H16F2N4O2/c1-23-7-3-6-18-15-19-8-10(9-20-15)14(22)21-13-11(16)4-2-5-12(13)17/h2,4-5,8-9H,3,6-7H2,1H3,(H,21,22)(H,18,19,20). The molecule has 1 aromatic heterocycles. The molecule has 2 rings (SSSR count). The van der Waals surface area contributed by atoms with Gasteiger partial charge < -0.3 is 15.4 Å². The zero-order valence-corrected chi connectivity index (χ0v) is 12.5. The second-order valence-electron chi connectivity index (χ2n) is 4.62. The Bertz CT molecular complexity index is 645. The summed E-state index contributed by atoms with van der Waals surface area (Å²) >= 11 is 0. The van der Waals surface area contributed by atoms with E-state index >= 15 is 0 Å². The smallest absolute Gasteiger partial charge is 0.258 e. The fourth-order valence-electron chi connectivity index (χ4n) is 1.76. The number of halogens is 2. The maximum atomic E-state index is 13.5. The number of rotatable bonds is 7. The van der Waals surface area contributed by atoms with Gasteiger partial charge in [-0.15, -0.1) is 0 Å². The summed E-state index contributed by atoms with van der Waals surface area (Å²) in [5.41, 5.74) is -0.408. The molecule has 0 saturated heterocycles. The molecule has 0 radical (unpaired) electrons. The van der Waals surface area contributed by atoms with Gasteiger partial charge in [0.25, 0.3) is 5.91 Å². The Morgan fingerprint density at radius 1 is 1.22 bits per heavy atom. The Morgan fingerprint density at radius 2 is 1.87 bits per heavy atom. The van der Waals surface area contributed by atoms with Gasteiger partial charge in [-0.25, -0.2) is 18.7 Å². The van der Waals surface area contributed by atoms with Crippen molar-refractivity contribution in [3.05, 3.63) is 47.8 Å². The lowest BCUT2D eigenvalue weighted by Crippen LogP contribution is -2.15. The fourth-order valence-corrected chi connectivity index (χ4v) is 1.76. The van der Waals surface area contributed by atoms with E-state index < -0.39 is 23.2 Å². The van der Waals surface area contributed by atoms with Crippen molar-refractivity contribution in [3.8, 4) is 0 Å². The minimum atomic E-state index is -0.851. The highest BCUT2D eigenvalue weighted by Crippen LogP contribution is 2.18. The van der Waals surface area contributed by atoms with Gasteiger partial charge in [-0.05, 0) is 18.6 Å². The van der Waals surface area contributed by atoms with Crippen molar-refractivity contribution < 1.29 is 18.3 Å². The maximum Gasteiger partial charge on any atom is 0.258 e. The van der Waals surface area contributed by atoms with Crippen LogP contribution in [0, 0.1) is 11.6 Å². The number of para-hydroxylation sites is 1. The molecule has 1 amide bonds. The first kappa shape index (κ1) is 16.8. The van der Waals surface area contributed by atoms with Crippen LogP contribution in [-0.4, -0.2) is 36.1 Å². The zero-order valence-electron chi connectivity index (χ0n) is 12.5. The second-order valence-corrected chi connectivity index (χ2v) is 4.62. The first-order valence-electron chi connectivity index (χ1n) is 6.92. The Balaban J connectivity index is 1.97. The Labute approximate surface area is 131 Å². The molecule has 0 bridgehead atoms. The fraction of sp³-hybridized carbons (Fsp3) is 0.267. The first-order valence-corrected chi connectivity index (χ1v) is 6.92. The van der Waals surface area contributed by atoms with Gasteiger partial charge in [-0.2, -0.15) is 0 Å². The van der Waals surface area contributed by atoms with Gasteiger partial charge in [0, 0.05) is 32.7 Å². The molecule has 2 N–H and O–H groups in total. The van der Waals surface area contributed by atoms with Gasteiger partial charge in [0.05, 0.1) is 5.56 Å². The van der Waals surface area contributed by atoms with Crippen LogP contribution >= 0.6 is 0 Å². The lowest BCUT2D eigenvalue weighted by atomic mass is 10.2. The van der Waals surface area contributed by atoms with Crippen molar-refractivity contribution in [2.45, 2.75) is 6.42 Å². The zero-order chi connectivity index (χ0) is 16.7. The van der Waals surface area contributed by atoms with Crippen molar-refractivity contribution in [2.24, 2.45) is 0 Å². The van der Waals surface area contributed by atoms with Crippen LogP contribution in [-0.2, 0) is 4.74 Å². The topological polar surface area (TPSA) is 76.1 Å². The molecule has 0 aliphatic carbocycles. The van der Waals surface area contributed by atoms with Crippen molar-refractivity contribution in [2.75, 3.05) is 30.9 Å². The highest BCUT2D eigenvalue weighted by atomic mass is 19.1. The van der Waals surface area contributed by atoms with E-state index in [0.29, 0.717) is 19.1 Å². The van der Waals surface area contributed by atoms with E-state index in [-0.39, 0.29) is 5.56 Å². The number of anilines is 2. The average Bonchev–Trinajstić information content (AvgIpc) is 2.55. The van der Waals surface area contributed by atoms with Gasteiger partial charge >= 0.3 is 0 Å². The van der Waals surface area contributed by atoms with E-state index in [9.17, 15) is 13.6 Å². The molecular weight excluding hydrogens is 306 g/mol. The normalized spacial score (nSPS) is 10.4. The number of hydrogen-bond acceptors (Lipinski definition) is 5. The Morgan fingerprint density at radius 3 is 2.48 bits per heavy atom. The number of carbonyl (C=O) groups is 1. The van der Waals surface area contributed by atoms with Crippen LogP contribution in [0.3, 0.4) is 0 Å². The molecule has 2 aromatic rings. The Hall–Kier alpha value is -2.61. The van der Waals surface area contributed by atoms with Crippen LogP contribution in [0.25, 0.3) is 0 Å². The van der Waals surface area contributed by atoms with E-state index in [1.807, 2.05) is 0 Å². The third-order valence-corrected chi connectivity index (χ3v) is 2.92. The van der Waals surface area contributed by atoms with Crippen LogP contribution in [0.4, 0.5) is 20.4 Å². The van der Waals surface area contributed by atoms with Gasteiger partial charge in [0.15, 0.2) is 0 Å². The van der Waals surface area contributed by atoms with Crippen molar-refractivity contribution in [1.82, 2.24) is 9.97 Å². The minimum absolute atomic E-state index is 0.0927. The van der Waals surface area contributed by atoms with E-state index in [4.69, 9.17) is 4.74 Å². The van der Waals surface area contributed by atoms with Crippen LogP contribution < -0.4 is 10.6 Å². The summed E-state index contributed by atoms with van der Waals surface area (Å²) in [4.78, 5) is 19.9. The summed E-state index contributed by atoms with van der Waals surface area (Å²) in [6, 6.07) is 3.33. The quantitative estimate of drug-likeness (QED) is 0.766. The highest BCUT2D eigenvalue weighted by molar-refractivity contribution is 6.04. The second kappa shape index (κ2) is 8.14. The number of hydrogen-bond donors (Lipinski definition) is 2. The van der Waals surface area contributed by atoms with E-state index in [1.54, 1.807) is 7.11 Å². The van der Waals surface area contributed by atoms with E-state index in [0.717, 1.165) is 18.6 Å². The number of nitrogens with zero attached hydrogens (tertiary/aromatic N) is 2. The molecule has 23 heavy (non-hydrogen) atoms. The number of ether oxygens (including phenoxy) is 1. The summed E-state index contributed by atoms with van der Waals surface area (Å²) in [7, 11) is 1.61. The number of aromatic nitrogens is 2. The molecule has 0 saturated carbocycles. The van der Waals surface area contributed by atoms with Gasteiger partial charge in [-0.1, -0.05) is 6.07 Å².